The number of amides is 3. The fraction of sp³-hybridized carbons (Fsp3) is 0.500. The number of likely N-dealkylation sites (tertiary alicyclic amines) is 1. The van der Waals surface area contributed by atoms with Gasteiger partial charge in [0.2, 0.25) is 5.91 Å². The van der Waals surface area contributed by atoms with Crippen LogP contribution in [0.2, 0.25) is 0 Å². The molecule has 7 nitrogen and oxygen atoms in total. The quantitative estimate of drug-likeness (QED) is 0.880. The van der Waals surface area contributed by atoms with E-state index in [2.05, 4.69) is 5.32 Å². The van der Waals surface area contributed by atoms with Gasteiger partial charge in [-0.1, -0.05) is 13.0 Å². The molecule has 7 heteroatoms. The van der Waals surface area contributed by atoms with Gasteiger partial charge < -0.3 is 20.2 Å². The van der Waals surface area contributed by atoms with Crippen molar-refractivity contribution in [2.24, 2.45) is 11.8 Å². The number of anilines is 2. The summed E-state index contributed by atoms with van der Waals surface area (Å²) in [4.78, 5) is 38.9. The Bertz CT molecular complexity index is 691. The maximum atomic E-state index is 12.5. The first kappa shape index (κ1) is 17.3. The summed E-state index contributed by atoms with van der Waals surface area (Å²) < 4.78 is 0. The molecular weight excluding hydrogens is 322 g/mol. The van der Waals surface area contributed by atoms with Crippen LogP contribution in [0.4, 0.5) is 16.2 Å². The van der Waals surface area contributed by atoms with E-state index in [9.17, 15) is 19.5 Å². The summed E-state index contributed by atoms with van der Waals surface area (Å²) in [6.07, 6.45) is 1.99. The summed E-state index contributed by atoms with van der Waals surface area (Å²) in [7, 11) is 0. The lowest BCUT2D eigenvalue weighted by molar-refractivity contribution is -0.143. The SMILES string of the molecule is CC1CC(C(=O)O)CN(C(=O)Nc2cccc(N3CCCC3=O)c2)C1. The lowest BCUT2D eigenvalue weighted by Crippen LogP contribution is -2.47. The van der Waals surface area contributed by atoms with Crippen LogP contribution in [-0.2, 0) is 9.59 Å². The standard InChI is InChI=1S/C18H23N3O4/c1-12-8-13(17(23)24)11-20(10-12)18(25)19-14-4-2-5-15(9-14)21-7-3-6-16(21)22/h2,4-5,9,12-13H,3,6-8,10-11H2,1H3,(H,19,25)(H,23,24). The monoisotopic (exact) mass is 345 g/mol. The fourth-order valence-corrected chi connectivity index (χ4v) is 3.57. The molecule has 0 saturated carbocycles. The van der Waals surface area contributed by atoms with Gasteiger partial charge in [0.1, 0.15) is 0 Å². The molecular formula is C18H23N3O4. The van der Waals surface area contributed by atoms with Crippen LogP contribution in [0.3, 0.4) is 0 Å². The van der Waals surface area contributed by atoms with Crippen molar-refractivity contribution >= 4 is 29.3 Å². The Morgan fingerprint density at radius 2 is 2.08 bits per heavy atom. The molecule has 25 heavy (non-hydrogen) atoms. The molecule has 2 aliphatic heterocycles. The molecule has 2 aliphatic rings. The Kier molecular flexibility index (Phi) is 4.92. The molecule has 2 fully saturated rings. The number of aliphatic carboxylic acids is 1. The number of benzene rings is 1. The van der Waals surface area contributed by atoms with Crippen LogP contribution < -0.4 is 10.2 Å². The normalized spacial score (nSPS) is 23.6. The molecule has 2 atom stereocenters. The summed E-state index contributed by atoms with van der Waals surface area (Å²) in [5.41, 5.74) is 1.38. The van der Waals surface area contributed by atoms with Crippen molar-refractivity contribution in [1.29, 1.82) is 0 Å². The van der Waals surface area contributed by atoms with Crippen LogP contribution >= 0.6 is 0 Å². The Labute approximate surface area is 146 Å². The first-order valence-corrected chi connectivity index (χ1v) is 8.63. The molecule has 2 N–H and O–H groups in total. The molecule has 3 amide bonds. The average Bonchev–Trinajstić information content (AvgIpc) is 3.00. The molecule has 0 spiro atoms. The van der Waals surface area contributed by atoms with Crippen LogP contribution in [0, 0.1) is 11.8 Å². The summed E-state index contributed by atoms with van der Waals surface area (Å²) in [5.74, 6) is -1.14. The van der Waals surface area contributed by atoms with E-state index < -0.39 is 11.9 Å². The number of carbonyl (C=O) groups excluding carboxylic acids is 2. The van der Waals surface area contributed by atoms with E-state index in [-0.39, 0.29) is 24.4 Å². The van der Waals surface area contributed by atoms with E-state index in [1.54, 1.807) is 28.0 Å². The van der Waals surface area contributed by atoms with E-state index in [4.69, 9.17) is 0 Å². The highest BCUT2D eigenvalue weighted by molar-refractivity contribution is 5.96. The third-order valence-corrected chi connectivity index (χ3v) is 4.78. The molecule has 3 rings (SSSR count). The molecule has 134 valence electrons. The summed E-state index contributed by atoms with van der Waals surface area (Å²) >= 11 is 0. The van der Waals surface area contributed by atoms with Crippen molar-refractivity contribution in [2.75, 3.05) is 29.9 Å². The van der Waals surface area contributed by atoms with Gasteiger partial charge in [0.25, 0.3) is 0 Å². The summed E-state index contributed by atoms with van der Waals surface area (Å²) in [6.45, 7) is 3.41. The van der Waals surface area contributed by atoms with E-state index >= 15 is 0 Å². The first-order chi connectivity index (χ1) is 11.9. The maximum Gasteiger partial charge on any atom is 0.321 e. The van der Waals surface area contributed by atoms with Crippen molar-refractivity contribution < 1.29 is 19.5 Å². The van der Waals surface area contributed by atoms with Crippen molar-refractivity contribution in [3.05, 3.63) is 24.3 Å². The molecule has 0 bridgehead atoms. The fourth-order valence-electron chi connectivity index (χ4n) is 3.57. The van der Waals surface area contributed by atoms with Gasteiger partial charge in [0.05, 0.1) is 5.92 Å². The lowest BCUT2D eigenvalue weighted by Gasteiger charge is -2.34. The maximum absolute atomic E-state index is 12.5. The van der Waals surface area contributed by atoms with Crippen LogP contribution in [0.5, 0.6) is 0 Å². The van der Waals surface area contributed by atoms with Gasteiger partial charge in [-0.15, -0.1) is 0 Å². The van der Waals surface area contributed by atoms with Crippen molar-refractivity contribution in [3.8, 4) is 0 Å². The molecule has 1 aromatic rings. The van der Waals surface area contributed by atoms with Crippen LogP contribution in [0.25, 0.3) is 0 Å². The van der Waals surface area contributed by atoms with Gasteiger partial charge in [0.15, 0.2) is 0 Å². The molecule has 2 heterocycles. The van der Waals surface area contributed by atoms with Gasteiger partial charge in [-0.05, 0) is 37.0 Å². The van der Waals surface area contributed by atoms with Crippen LogP contribution in [0.15, 0.2) is 24.3 Å². The number of urea groups is 1. The predicted octanol–water partition coefficient (Wildman–Crippen LogP) is 2.39. The highest BCUT2D eigenvalue weighted by atomic mass is 16.4. The van der Waals surface area contributed by atoms with E-state index in [0.29, 0.717) is 31.6 Å². The van der Waals surface area contributed by atoms with Gasteiger partial charge in [-0.3, -0.25) is 9.59 Å². The van der Waals surface area contributed by atoms with E-state index in [0.717, 1.165) is 12.1 Å². The molecule has 2 saturated heterocycles. The zero-order valence-corrected chi connectivity index (χ0v) is 14.3. The Morgan fingerprint density at radius 1 is 1.28 bits per heavy atom. The average molecular weight is 345 g/mol. The number of hydrogen-bond acceptors (Lipinski definition) is 3. The molecule has 1 aromatic carbocycles. The minimum Gasteiger partial charge on any atom is -0.481 e. The second-order valence-corrected chi connectivity index (χ2v) is 6.91. The minimum absolute atomic E-state index is 0.0950. The smallest absolute Gasteiger partial charge is 0.321 e. The first-order valence-electron chi connectivity index (χ1n) is 8.63. The Morgan fingerprint density at radius 3 is 2.76 bits per heavy atom. The number of rotatable bonds is 3. The van der Waals surface area contributed by atoms with Gasteiger partial charge in [-0.2, -0.15) is 0 Å². The van der Waals surface area contributed by atoms with E-state index in [1.165, 1.54) is 0 Å². The molecule has 0 aliphatic carbocycles. The van der Waals surface area contributed by atoms with Crippen molar-refractivity contribution in [1.82, 2.24) is 4.90 Å². The summed E-state index contributed by atoms with van der Waals surface area (Å²) in [6, 6.07) is 6.90. The molecule has 2 unspecified atom stereocenters. The number of hydrogen-bond donors (Lipinski definition) is 2. The number of piperidine rings is 1. The number of carboxylic acids is 1. The van der Waals surface area contributed by atoms with Crippen molar-refractivity contribution in [2.45, 2.75) is 26.2 Å². The third kappa shape index (κ3) is 3.92. The van der Waals surface area contributed by atoms with Gasteiger partial charge in [0, 0.05) is 37.4 Å². The summed E-state index contributed by atoms with van der Waals surface area (Å²) in [5, 5.41) is 12.1. The highest BCUT2D eigenvalue weighted by Gasteiger charge is 2.32. The molecule has 0 aromatic heterocycles. The zero-order chi connectivity index (χ0) is 18.0. The second-order valence-electron chi connectivity index (χ2n) is 6.91. The third-order valence-electron chi connectivity index (χ3n) is 4.78. The minimum atomic E-state index is -0.862. The highest BCUT2D eigenvalue weighted by Crippen LogP contribution is 2.26. The van der Waals surface area contributed by atoms with Gasteiger partial charge in [-0.25, -0.2) is 4.79 Å². The van der Waals surface area contributed by atoms with Crippen LogP contribution in [0.1, 0.15) is 26.2 Å². The predicted molar refractivity (Wildman–Crippen MR) is 93.5 cm³/mol. The zero-order valence-electron chi connectivity index (χ0n) is 14.3. The Hall–Kier alpha value is -2.57. The number of carboxylic acid groups (broad SMARTS) is 1. The Balaban J connectivity index is 1.68. The second kappa shape index (κ2) is 7.13. The molecule has 0 radical (unpaired) electrons. The number of nitrogens with one attached hydrogen (secondary N) is 1. The van der Waals surface area contributed by atoms with E-state index in [1.807, 2.05) is 13.0 Å². The van der Waals surface area contributed by atoms with Crippen molar-refractivity contribution in [3.63, 3.8) is 0 Å². The van der Waals surface area contributed by atoms with Crippen LogP contribution in [-0.4, -0.2) is 47.5 Å². The van der Waals surface area contributed by atoms with Gasteiger partial charge >= 0.3 is 12.0 Å². The number of nitrogens with zero attached hydrogens (tertiary/aromatic N) is 2. The largest absolute Gasteiger partial charge is 0.481 e. The lowest BCUT2D eigenvalue weighted by atomic mass is 9.91. The topological polar surface area (TPSA) is 89.9 Å². The number of carbonyl (C=O) groups is 3.